The highest BCUT2D eigenvalue weighted by Crippen LogP contribution is 2.28. The number of morpholine rings is 1. The first-order valence-electron chi connectivity index (χ1n) is 9.63. The largest absolute Gasteiger partial charge is 0.497 e. The molecule has 3 aromatic rings. The number of methoxy groups -OCH3 is 1. The Morgan fingerprint density at radius 3 is 2.47 bits per heavy atom. The molecule has 4 rings (SSSR count). The van der Waals surface area contributed by atoms with E-state index in [-0.39, 0.29) is 35.0 Å². The van der Waals surface area contributed by atoms with Crippen LogP contribution in [0.4, 0.5) is 8.78 Å². The van der Waals surface area contributed by atoms with Crippen LogP contribution in [0.25, 0.3) is 16.9 Å². The van der Waals surface area contributed by atoms with E-state index in [2.05, 4.69) is 10.1 Å². The second-order valence-electron chi connectivity index (χ2n) is 7.36. The maximum atomic E-state index is 13.8. The van der Waals surface area contributed by atoms with E-state index >= 15 is 0 Å². The molecule has 9 heteroatoms. The molecule has 30 heavy (non-hydrogen) atoms. The summed E-state index contributed by atoms with van der Waals surface area (Å²) in [5, 5.41) is 4.03. The van der Waals surface area contributed by atoms with Gasteiger partial charge < -0.3 is 14.4 Å². The minimum atomic E-state index is -2.78. The molecule has 2 unspecified atom stereocenters. The average molecular weight is 416 g/mol. The molecule has 1 fully saturated rings. The van der Waals surface area contributed by atoms with Gasteiger partial charge >= 0.3 is 0 Å². The Balaban J connectivity index is 1.79. The van der Waals surface area contributed by atoms with Crippen molar-refractivity contribution in [3.8, 4) is 17.0 Å². The molecule has 1 aliphatic heterocycles. The van der Waals surface area contributed by atoms with E-state index < -0.39 is 6.43 Å². The van der Waals surface area contributed by atoms with Gasteiger partial charge in [-0.25, -0.2) is 18.3 Å². The van der Waals surface area contributed by atoms with Gasteiger partial charge in [-0.3, -0.25) is 4.79 Å². The predicted molar refractivity (Wildman–Crippen MR) is 106 cm³/mol. The summed E-state index contributed by atoms with van der Waals surface area (Å²) >= 11 is 0. The predicted octanol–water partition coefficient (Wildman–Crippen LogP) is 3.59. The second-order valence-corrected chi connectivity index (χ2v) is 7.36. The van der Waals surface area contributed by atoms with E-state index in [1.807, 2.05) is 13.8 Å². The number of ether oxygens (including phenoxy) is 2. The third kappa shape index (κ3) is 3.72. The van der Waals surface area contributed by atoms with Crippen LogP contribution < -0.4 is 4.74 Å². The molecule has 1 amide bonds. The van der Waals surface area contributed by atoms with Crippen LogP contribution in [-0.4, -0.2) is 57.8 Å². The third-order valence-corrected chi connectivity index (χ3v) is 5.05. The van der Waals surface area contributed by atoms with Crippen LogP contribution in [0.3, 0.4) is 0 Å². The van der Waals surface area contributed by atoms with Gasteiger partial charge in [0.05, 0.1) is 31.2 Å². The monoisotopic (exact) mass is 416 g/mol. The molecular formula is C21H22F2N4O3. The Bertz CT molecular complexity index is 1060. The lowest BCUT2D eigenvalue weighted by Gasteiger charge is -2.35. The molecule has 2 aromatic heterocycles. The fourth-order valence-electron chi connectivity index (χ4n) is 3.72. The lowest BCUT2D eigenvalue weighted by atomic mass is 10.1. The third-order valence-electron chi connectivity index (χ3n) is 5.05. The van der Waals surface area contributed by atoms with Crippen molar-refractivity contribution in [1.29, 1.82) is 0 Å². The lowest BCUT2D eigenvalue weighted by Crippen LogP contribution is -2.48. The van der Waals surface area contributed by atoms with Gasteiger partial charge in [-0.1, -0.05) is 0 Å². The SMILES string of the molecule is COc1ccc(-c2cc(C(F)F)n3ncc(C(=O)N4CC(C)OC(C)C4)c3n2)cc1. The van der Waals surface area contributed by atoms with E-state index in [9.17, 15) is 13.6 Å². The minimum Gasteiger partial charge on any atom is -0.497 e. The van der Waals surface area contributed by atoms with E-state index in [0.29, 0.717) is 30.1 Å². The van der Waals surface area contributed by atoms with Gasteiger partial charge in [0, 0.05) is 18.7 Å². The van der Waals surface area contributed by atoms with Crippen molar-refractivity contribution in [2.75, 3.05) is 20.2 Å². The Labute approximate surface area is 172 Å². The van der Waals surface area contributed by atoms with Crippen LogP contribution in [0.15, 0.2) is 36.5 Å². The molecule has 7 nitrogen and oxygen atoms in total. The topological polar surface area (TPSA) is 69.0 Å². The quantitative estimate of drug-likeness (QED) is 0.650. The Morgan fingerprint density at radius 1 is 1.20 bits per heavy atom. The zero-order valence-corrected chi connectivity index (χ0v) is 16.9. The molecule has 0 radical (unpaired) electrons. The maximum Gasteiger partial charge on any atom is 0.280 e. The number of benzene rings is 1. The van der Waals surface area contributed by atoms with Crippen molar-refractivity contribution in [2.24, 2.45) is 0 Å². The number of hydrogen-bond donors (Lipinski definition) is 0. The zero-order chi connectivity index (χ0) is 21.4. The summed E-state index contributed by atoms with van der Waals surface area (Å²) in [6.45, 7) is 4.61. The van der Waals surface area contributed by atoms with Gasteiger partial charge in [0.2, 0.25) is 0 Å². The number of hydrogen-bond acceptors (Lipinski definition) is 5. The first-order valence-corrected chi connectivity index (χ1v) is 9.63. The Hall–Kier alpha value is -3.07. The first-order chi connectivity index (χ1) is 14.4. The molecule has 1 aromatic carbocycles. The highest BCUT2D eigenvalue weighted by molar-refractivity contribution is 6.00. The molecule has 0 N–H and O–H groups in total. The summed E-state index contributed by atoms with van der Waals surface area (Å²) in [6, 6.07) is 8.20. The number of carbonyl (C=O) groups excluding carboxylic acids is 1. The number of fused-ring (bicyclic) bond motifs is 1. The van der Waals surface area contributed by atoms with Crippen LogP contribution in [-0.2, 0) is 4.74 Å². The van der Waals surface area contributed by atoms with Gasteiger partial charge in [-0.15, -0.1) is 0 Å². The van der Waals surface area contributed by atoms with Crippen molar-refractivity contribution in [2.45, 2.75) is 32.5 Å². The van der Waals surface area contributed by atoms with E-state index in [4.69, 9.17) is 9.47 Å². The maximum absolute atomic E-state index is 13.8. The molecule has 0 bridgehead atoms. The number of rotatable bonds is 4. The zero-order valence-electron chi connectivity index (χ0n) is 16.9. The van der Waals surface area contributed by atoms with Crippen molar-refractivity contribution in [3.05, 3.63) is 47.8 Å². The number of alkyl halides is 2. The van der Waals surface area contributed by atoms with Crippen molar-refractivity contribution < 1.29 is 23.0 Å². The molecule has 3 heterocycles. The molecule has 0 saturated carbocycles. The number of aromatic nitrogens is 3. The van der Waals surface area contributed by atoms with Gasteiger partial charge in [0.15, 0.2) is 5.65 Å². The Morgan fingerprint density at radius 2 is 1.87 bits per heavy atom. The summed E-state index contributed by atoms with van der Waals surface area (Å²) in [7, 11) is 1.55. The fraction of sp³-hybridized carbons (Fsp3) is 0.381. The van der Waals surface area contributed by atoms with Crippen LogP contribution in [0.2, 0.25) is 0 Å². The Kier molecular flexibility index (Phi) is 5.38. The number of amides is 1. The number of carbonyl (C=O) groups is 1. The molecule has 1 saturated heterocycles. The summed E-state index contributed by atoms with van der Waals surface area (Å²) in [5.41, 5.74) is 0.935. The van der Waals surface area contributed by atoms with Gasteiger partial charge in [0.25, 0.3) is 12.3 Å². The summed E-state index contributed by atoms with van der Waals surface area (Å²) in [6.07, 6.45) is -1.70. The van der Waals surface area contributed by atoms with Gasteiger partial charge in [-0.05, 0) is 44.2 Å². The summed E-state index contributed by atoms with van der Waals surface area (Å²) in [4.78, 5) is 19.3. The van der Waals surface area contributed by atoms with Crippen molar-refractivity contribution in [3.63, 3.8) is 0 Å². The summed E-state index contributed by atoms with van der Waals surface area (Å²) < 4.78 is 39.4. The van der Waals surface area contributed by atoms with Crippen LogP contribution in [0.1, 0.15) is 36.3 Å². The lowest BCUT2D eigenvalue weighted by molar-refractivity contribution is -0.0585. The van der Waals surface area contributed by atoms with Crippen LogP contribution >= 0.6 is 0 Å². The van der Waals surface area contributed by atoms with E-state index in [0.717, 1.165) is 4.52 Å². The highest BCUT2D eigenvalue weighted by atomic mass is 19.3. The second kappa shape index (κ2) is 7.98. The van der Waals surface area contributed by atoms with Gasteiger partial charge in [-0.2, -0.15) is 5.10 Å². The molecular weight excluding hydrogens is 394 g/mol. The average Bonchev–Trinajstić information content (AvgIpc) is 3.15. The fourth-order valence-corrected chi connectivity index (χ4v) is 3.72. The number of nitrogens with zero attached hydrogens (tertiary/aromatic N) is 4. The minimum absolute atomic E-state index is 0.107. The smallest absolute Gasteiger partial charge is 0.280 e. The van der Waals surface area contributed by atoms with Crippen LogP contribution in [0, 0.1) is 0 Å². The number of halogens is 2. The van der Waals surface area contributed by atoms with Gasteiger partial charge in [0.1, 0.15) is 17.0 Å². The van der Waals surface area contributed by atoms with Crippen LogP contribution in [0.5, 0.6) is 5.75 Å². The molecule has 2 atom stereocenters. The summed E-state index contributed by atoms with van der Waals surface area (Å²) in [5.74, 6) is 0.344. The van der Waals surface area contributed by atoms with Crippen molar-refractivity contribution in [1.82, 2.24) is 19.5 Å². The molecule has 1 aliphatic rings. The molecule has 0 aliphatic carbocycles. The standard InChI is InChI=1S/C21H22F2N4O3/c1-12-10-26(11-13(2)30-12)21(28)16-9-24-27-18(19(22)23)8-17(25-20(16)27)14-4-6-15(29-3)7-5-14/h4-9,12-13,19H,10-11H2,1-3H3. The highest BCUT2D eigenvalue weighted by Gasteiger charge is 2.29. The molecule has 158 valence electrons. The molecule has 0 spiro atoms. The first kappa shape index (κ1) is 20.2. The van der Waals surface area contributed by atoms with Crippen molar-refractivity contribution >= 4 is 11.6 Å². The van der Waals surface area contributed by atoms with E-state index in [1.165, 1.54) is 12.3 Å². The normalized spacial score (nSPS) is 19.5. The van der Waals surface area contributed by atoms with E-state index in [1.54, 1.807) is 36.3 Å².